The number of rotatable bonds is 19. The standard InChI is InChI=1S/C44H57N7O13S/c1-10-15-45-40(56)37-24(2)34(46-25(37)3)21-32-31-20-29(11-12-33(31)47-39(32)55)63-36(54)14-13-35(53)62-27(5)43(58)64-30(22-51(44(7,8)9)42(57)26(4)61-28(6)52)23-60-41-38(48-65-49-41)50-16-18-59-19-17-50/h11-12,20-21,26-27,30,46H,10,13-19,22-23H2,1-9H3,(H,45,56)(H,47,55)/b32-21-/t26?,27?,30-/m0/s1. The summed E-state index contributed by atoms with van der Waals surface area (Å²) in [5.41, 5.74) is 2.80. The molecule has 65 heavy (non-hydrogen) atoms. The molecule has 0 aliphatic carbocycles. The Hall–Kier alpha value is -6.35. The number of anilines is 2. The quantitative estimate of drug-likeness (QED) is 0.0662. The Morgan fingerprint density at radius 3 is 2.38 bits per heavy atom. The van der Waals surface area contributed by atoms with E-state index in [0.29, 0.717) is 72.4 Å². The first kappa shape index (κ1) is 49.7. The van der Waals surface area contributed by atoms with Crippen molar-refractivity contribution >= 4 is 76.5 Å². The molecule has 2 aliphatic heterocycles. The van der Waals surface area contributed by atoms with E-state index in [-0.39, 0.29) is 42.2 Å². The van der Waals surface area contributed by atoms with Crippen LogP contribution in [0.4, 0.5) is 11.5 Å². The van der Waals surface area contributed by atoms with E-state index in [9.17, 15) is 33.6 Å². The highest BCUT2D eigenvalue weighted by Crippen LogP contribution is 2.37. The fourth-order valence-electron chi connectivity index (χ4n) is 7.00. The number of nitrogens with one attached hydrogen (secondary N) is 3. The Labute approximate surface area is 381 Å². The van der Waals surface area contributed by atoms with Crippen molar-refractivity contribution in [1.29, 1.82) is 0 Å². The number of hydrogen-bond acceptors (Lipinski definition) is 17. The zero-order valence-electron chi connectivity index (χ0n) is 38.1. The van der Waals surface area contributed by atoms with Crippen molar-refractivity contribution < 1.29 is 62.0 Å². The van der Waals surface area contributed by atoms with Gasteiger partial charge in [0.25, 0.3) is 23.6 Å². The van der Waals surface area contributed by atoms with Crippen molar-refractivity contribution in [2.75, 3.05) is 56.2 Å². The number of morpholine rings is 1. The van der Waals surface area contributed by atoms with Crippen molar-refractivity contribution in [3.8, 4) is 11.6 Å². The van der Waals surface area contributed by atoms with Crippen LogP contribution in [0.15, 0.2) is 18.2 Å². The third-order valence-corrected chi connectivity index (χ3v) is 10.8. The van der Waals surface area contributed by atoms with Gasteiger partial charge in [0.15, 0.2) is 18.3 Å². The van der Waals surface area contributed by atoms with Gasteiger partial charge in [-0.3, -0.25) is 28.8 Å². The van der Waals surface area contributed by atoms with E-state index < -0.39 is 66.5 Å². The molecule has 3 aromatic rings. The average molecular weight is 924 g/mol. The fraction of sp³-hybridized carbons (Fsp3) is 0.523. The Balaban J connectivity index is 1.21. The zero-order valence-corrected chi connectivity index (χ0v) is 38.9. The molecule has 0 radical (unpaired) electrons. The maximum atomic E-state index is 13.6. The first-order valence-electron chi connectivity index (χ1n) is 21.3. The minimum absolute atomic E-state index is 0.115. The second-order valence-electron chi connectivity index (χ2n) is 16.5. The number of aryl methyl sites for hydroxylation is 1. The number of esters is 4. The van der Waals surface area contributed by atoms with Crippen LogP contribution in [0.3, 0.4) is 0 Å². The molecular weight excluding hydrogens is 867 g/mol. The van der Waals surface area contributed by atoms with E-state index in [4.69, 9.17) is 28.4 Å². The summed E-state index contributed by atoms with van der Waals surface area (Å²) in [6, 6.07) is 4.60. The lowest BCUT2D eigenvalue weighted by molar-refractivity contribution is -0.174. The molecule has 1 fully saturated rings. The molecule has 0 bridgehead atoms. The summed E-state index contributed by atoms with van der Waals surface area (Å²) in [5, 5.41) is 5.66. The van der Waals surface area contributed by atoms with E-state index >= 15 is 0 Å². The van der Waals surface area contributed by atoms with Crippen molar-refractivity contribution in [2.24, 2.45) is 0 Å². The summed E-state index contributed by atoms with van der Waals surface area (Å²) in [5.74, 6) is -3.62. The molecule has 1 aromatic carbocycles. The molecule has 352 valence electrons. The van der Waals surface area contributed by atoms with Crippen LogP contribution < -0.4 is 25.0 Å². The lowest BCUT2D eigenvalue weighted by Gasteiger charge is -2.39. The van der Waals surface area contributed by atoms with Crippen molar-refractivity contribution in [1.82, 2.24) is 23.9 Å². The largest absolute Gasteiger partial charge is 0.470 e. The van der Waals surface area contributed by atoms with Gasteiger partial charge in [-0.1, -0.05) is 6.92 Å². The molecule has 5 rings (SSSR count). The molecule has 21 heteroatoms. The molecule has 20 nitrogen and oxygen atoms in total. The second-order valence-corrected chi connectivity index (χ2v) is 17.0. The second kappa shape index (κ2) is 22.0. The van der Waals surface area contributed by atoms with Gasteiger partial charge in [-0.25, -0.2) is 4.79 Å². The van der Waals surface area contributed by atoms with Crippen LogP contribution in [-0.2, 0) is 47.7 Å². The first-order valence-corrected chi connectivity index (χ1v) is 22.0. The summed E-state index contributed by atoms with van der Waals surface area (Å²) in [6.07, 6.45) is -2.16. The van der Waals surface area contributed by atoms with Crippen molar-refractivity contribution in [3.63, 3.8) is 0 Å². The number of nitrogens with zero attached hydrogens (tertiary/aromatic N) is 4. The normalized spacial score (nSPS) is 15.6. The number of amides is 3. The van der Waals surface area contributed by atoms with Gasteiger partial charge in [-0.2, -0.15) is 4.37 Å². The summed E-state index contributed by atoms with van der Waals surface area (Å²) in [4.78, 5) is 96.9. The Morgan fingerprint density at radius 2 is 1.71 bits per heavy atom. The Bertz CT molecular complexity index is 2290. The summed E-state index contributed by atoms with van der Waals surface area (Å²) in [7, 11) is 0. The molecule has 2 unspecified atom stereocenters. The zero-order chi connectivity index (χ0) is 47.6. The van der Waals surface area contributed by atoms with E-state index in [2.05, 4.69) is 24.4 Å². The number of aromatic nitrogens is 3. The highest BCUT2D eigenvalue weighted by atomic mass is 32.1. The highest BCUT2D eigenvalue weighted by Gasteiger charge is 2.36. The van der Waals surface area contributed by atoms with Crippen LogP contribution in [0.5, 0.6) is 11.6 Å². The summed E-state index contributed by atoms with van der Waals surface area (Å²) >= 11 is 0.938. The topological polar surface area (TPSA) is 247 Å². The SMILES string of the molecule is CCCNC(=O)c1c(C)[nH]c(/C=C2\C(=O)Nc3ccc(OC(=O)CCC(=O)OC(C)C(=O)O[C@H](COc4nsnc4N4CCOCC4)CN(C(=O)C(C)OC(C)=O)C(C)(C)C)cc32)c1C. The highest BCUT2D eigenvalue weighted by molar-refractivity contribution is 6.99. The van der Waals surface area contributed by atoms with Crippen LogP contribution in [-0.4, -0.2) is 130 Å². The molecule has 3 amide bonds. The van der Waals surface area contributed by atoms with Gasteiger partial charge < -0.3 is 53.8 Å². The van der Waals surface area contributed by atoms with E-state index in [1.54, 1.807) is 46.8 Å². The van der Waals surface area contributed by atoms with Crippen LogP contribution in [0.25, 0.3) is 11.6 Å². The van der Waals surface area contributed by atoms with E-state index in [0.717, 1.165) is 18.1 Å². The van der Waals surface area contributed by atoms with Gasteiger partial charge in [-0.05, 0) is 84.7 Å². The Morgan fingerprint density at radius 1 is 1.00 bits per heavy atom. The number of ether oxygens (including phenoxy) is 6. The number of H-pyrrole nitrogens is 1. The fourth-order valence-corrected chi connectivity index (χ4v) is 7.52. The van der Waals surface area contributed by atoms with Gasteiger partial charge >= 0.3 is 23.9 Å². The molecular formula is C44H57N7O13S. The van der Waals surface area contributed by atoms with Crippen molar-refractivity contribution in [3.05, 3.63) is 46.3 Å². The molecule has 1 saturated heterocycles. The maximum absolute atomic E-state index is 13.6. The van der Waals surface area contributed by atoms with Crippen LogP contribution >= 0.6 is 11.7 Å². The molecule has 3 N–H and O–H groups in total. The summed E-state index contributed by atoms with van der Waals surface area (Å²) < 4.78 is 41.9. The van der Waals surface area contributed by atoms with E-state index in [1.165, 1.54) is 37.8 Å². The third-order valence-electron chi connectivity index (χ3n) is 10.3. The molecule has 2 aliphatic rings. The number of carbonyl (C=O) groups is 7. The molecule has 0 saturated carbocycles. The van der Waals surface area contributed by atoms with Crippen molar-refractivity contribution in [2.45, 2.75) is 105 Å². The predicted molar refractivity (Wildman–Crippen MR) is 237 cm³/mol. The lowest BCUT2D eigenvalue weighted by atomic mass is 10.0. The number of aromatic amines is 1. The van der Waals surface area contributed by atoms with Gasteiger partial charge in [0.2, 0.25) is 5.82 Å². The molecule has 2 aromatic heterocycles. The maximum Gasteiger partial charge on any atom is 0.347 e. The number of benzene rings is 1. The predicted octanol–water partition coefficient (Wildman–Crippen LogP) is 4.14. The number of carbonyl (C=O) groups excluding carboxylic acids is 7. The van der Waals surface area contributed by atoms with Crippen LogP contribution in [0.2, 0.25) is 0 Å². The number of hydrogen-bond donors (Lipinski definition) is 3. The van der Waals surface area contributed by atoms with E-state index in [1.807, 2.05) is 11.8 Å². The monoisotopic (exact) mass is 923 g/mol. The average Bonchev–Trinajstić information content (AvgIpc) is 3.93. The van der Waals surface area contributed by atoms with Gasteiger partial charge in [0.05, 0.1) is 55.5 Å². The smallest absolute Gasteiger partial charge is 0.347 e. The van der Waals surface area contributed by atoms with Gasteiger partial charge in [0, 0.05) is 54.7 Å². The molecule has 4 heterocycles. The molecule has 0 spiro atoms. The first-order chi connectivity index (χ1) is 30.8. The van der Waals surface area contributed by atoms with Crippen LogP contribution in [0, 0.1) is 13.8 Å². The third kappa shape index (κ3) is 13.1. The minimum Gasteiger partial charge on any atom is -0.470 e. The Kier molecular flexibility index (Phi) is 16.8. The van der Waals surface area contributed by atoms with Crippen LogP contribution in [0.1, 0.15) is 101 Å². The van der Waals surface area contributed by atoms with Gasteiger partial charge in [0.1, 0.15) is 12.4 Å². The number of fused-ring (bicyclic) bond motifs is 1. The molecule has 3 atom stereocenters. The summed E-state index contributed by atoms with van der Waals surface area (Å²) in [6.45, 7) is 16.9. The lowest BCUT2D eigenvalue weighted by Crippen LogP contribution is -2.54. The van der Waals surface area contributed by atoms with Gasteiger partial charge in [-0.15, -0.1) is 4.37 Å². The minimum atomic E-state index is -1.44.